The van der Waals surface area contributed by atoms with Gasteiger partial charge in [0.25, 0.3) is 0 Å². The van der Waals surface area contributed by atoms with E-state index in [-0.39, 0.29) is 5.88 Å². The van der Waals surface area contributed by atoms with E-state index in [0.29, 0.717) is 0 Å². The number of ether oxygens (including phenoxy) is 2. The minimum Gasteiger partial charge on any atom is -0.482 e. The van der Waals surface area contributed by atoms with Crippen LogP contribution in [-0.2, 0) is 6.61 Å². The second-order valence-corrected chi connectivity index (χ2v) is 2.72. The van der Waals surface area contributed by atoms with Crippen molar-refractivity contribution < 1.29 is 27.8 Å². The van der Waals surface area contributed by atoms with Crippen LogP contribution in [-0.4, -0.2) is 23.6 Å². The van der Waals surface area contributed by atoms with Crippen molar-refractivity contribution in [2.45, 2.75) is 13.0 Å². The monoisotopic (exact) mass is 239 g/mol. The summed E-state index contributed by atoms with van der Waals surface area (Å²) >= 11 is 0. The number of H-pyrrole nitrogens is 1. The molecule has 1 heterocycles. The third-order valence-corrected chi connectivity index (χ3v) is 1.63. The van der Waals surface area contributed by atoms with Crippen molar-refractivity contribution in [2.75, 3.05) is 7.11 Å². The number of hydrogen-bond donors (Lipinski definition) is 2. The van der Waals surface area contributed by atoms with Crippen LogP contribution >= 0.6 is 0 Å². The third kappa shape index (κ3) is 2.89. The lowest BCUT2D eigenvalue weighted by Crippen LogP contribution is -2.23. The van der Waals surface area contributed by atoms with Gasteiger partial charge < -0.3 is 19.6 Å². The fourth-order valence-electron chi connectivity index (χ4n) is 1.02. The molecule has 0 saturated carbocycles. The lowest BCUT2D eigenvalue weighted by atomic mass is 10.3. The highest BCUT2D eigenvalue weighted by Crippen LogP contribution is 2.23. The number of halogens is 3. The molecule has 1 aromatic rings. The molecule has 16 heavy (non-hydrogen) atoms. The van der Waals surface area contributed by atoms with Gasteiger partial charge in [0.15, 0.2) is 11.6 Å². The highest BCUT2D eigenvalue weighted by molar-refractivity contribution is 5.31. The van der Waals surface area contributed by atoms with E-state index >= 15 is 0 Å². The zero-order valence-corrected chi connectivity index (χ0v) is 8.09. The molecule has 1 aromatic heterocycles. The number of rotatable bonds is 3. The van der Waals surface area contributed by atoms with Gasteiger partial charge in [0, 0.05) is 6.07 Å². The first-order chi connectivity index (χ1) is 7.37. The number of nitrogens with one attached hydrogen (secondary N) is 1. The van der Waals surface area contributed by atoms with Crippen LogP contribution in [0, 0.1) is 0 Å². The Morgan fingerprint density at radius 1 is 1.50 bits per heavy atom. The molecule has 0 aromatic carbocycles. The van der Waals surface area contributed by atoms with Gasteiger partial charge in [0.2, 0.25) is 5.43 Å². The predicted molar refractivity (Wildman–Crippen MR) is 46.2 cm³/mol. The van der Waals surface area contributed by atoms with Gasteiger partial charge in [-0.1, -0.05) is 0 Å². The number of hydrogen-bond acceptors (Lipinski definition) is 4. The summed E-state index contributed by atoms with van der Waals surface area (Å²) in [5, 5.41) is 8.79. The zero-order valence-electron chi connectivity index (χ0n) is 8.09. The molecule has 0 amide bonds. The van der Waals surface area contributed by atoms with E-state index in [4.69, 9.17) is 5.11 Å². The van der Waals surface area contributed by atoms with Crippen LogP contribution < -0.4 is 14.9 Å². The predicted octanol–water partition coefficient (Wildman–Crippen LogP) is 0.774. The summed E-state index contributed by atoms with van der Waals surface area (Å²) in [5.74, 6) is -1.06. The van der Waals surface area contributed by atoms with Crippen LogP contribution in [0.2, 0.25) is 0 Å². The largest absolute Gasteiger partial charge is 0.573 e. The van der Waals surface area contributed by atoms with Crippen molar-refractivity contribution in [1.29, 1.82) is 0 Å². The van der Waals surface area contributed by atoms with Gasteiger partial charge in [-0.3, -0.25) is 4.79 Å². The minimum atomic E-state index is -4.99. The highest BCUT2D eigenvalue weighted by atomic mass is 19.4. The number of alkyl halides is 3. The van der Waals surface area contributed by atoms with Crippen molar-refractivity contribution in [2.24, 2.45) is 0 Å². The molecular formula is C8H8F3NO4. The molecule has 0 saturated heterocycles. The van der Waals surface area contributed by atoms with Crippen molar-refractivity contribution >= 4 is 0 Å². The summed E-state index contributed by atoms with van der Waals surface area (Å²) in [6.07, 6.45) is -4.99. The lowest BCUT2D eigenvalue weighted by Gasteiger charge is -2.12. The lowest BCUT2D eigenvalue weighted by molar-refractivity contribution is -0.275. The van der Waals surface area contributed by atoms with Crippen molar-refractivity contribution in [3.8, 4) is 11.6 Å². The van der Waals surface area contributed by atoms with E-state index in [9.17, 15) is 18.0 Å². The van der Waals surface area contributed by atoms with Gasteiger partial charge in [-0.2, -0.15) is 0 Å². The van der Waals surface area contributed by atoms with E-state index < -0.39 is 29.8 Å². The Bertz CT molecular complexity index is 426. The standard InChI is InChI=1S/C8H8F3NO4/c1-15-6-2-5(14)7(4(3-13)12-6)16-8(9,10)11/h2,13H,3H2,1H3,(H,12,14). The summed E-state index contributed by atoms with van der Waals surface area (Å²) in [7, 11) is 1.22. The van der Waals surface area contributed by atoms with Crippen molar-refractivity contribution in [3.63, 3.8) is 0 Å². The van der Waals surface area contributed by atoms with Gasteiger partial charge in [-0.05, 0) is 0 Å². The fourth-order valence-corrected chi connectivity index (χ4v) is 1.02. The maximum Gasteiger partial charge on any atom is 0.573 e. The Morgan fingerprint density at radius 3 is 2.56 bits per heavy atom. The third-order valence-electron chi connectivity index (χ3n) is 1.63. The second kappa shape index (κ2) is 4.44. The molecule has 0 unspecified atom stereocenters. The molecule has 0 aliphatic rings. The van der Waals surface area contributed by atoms with Crippen LogP contribution in [0.4, 0.5) is 13.2 Å². The summed E-state index contributed by atoms with van der Waals surface area (Å²) in [6.45, 7) is -0.808. The van der Waals surface area contributed by atoms with Crippen molar-refractivity contribution in [3.05, 3.63) is 22.0 Å². The molecule has 5 nitrogen and oxygen atoms in total. The molecule has 0 bridgehead atoms. The van der Waals surface area contributed by atoms with Gasteiger partial charge >= 0.3 is 6.36 Å². The Hall–Kier alpha value is -1.70. The Balaban J connectivity index is 3.22. The number of aliphatic hydroxyl groups excluding tert-OH is 1. The van der Waals surface area contributed by atoms with Gasteiger partial charge in [0.05, 0.1) is 19.4 Å². The molecule has 1 rings (SSSR count). The molecule has 90 valence electrons. The van der Waals surface area contributed by atoms with E-state index in [1.165, 1.54) is 7.11 Å². The number of pyridine rings is 1. The molecule has 0 spiro atoms. The molecule has 0 aliphatic carbocycles. The Morgan fingerprint density at radius 2 is 2.12 bits per heavy atom. The van der Waals surface area contributed by atoms with Crippen LogP contribution in [0.25, 0.3) is 0 Å². The molecule has 0 radical (unpaired) electrons. The Labute approximate surface area is 87.4 Å². The second-order valence-electron chi connectivity index (χ2n) is 2.72. The number of aromatic amines is 1. The molecule has 0 aliphatic heterocycles. The molecule has 2 N–H and O–H groups in total. The van der Waals surface area contributed by atoms with E-state index in [2.05, 4.69) is 14.5 Å². The van der Waals surface area contributed by atoms with Gasteiger partial charge in [-0.25, -0.2) is 0 Å². The SMILES string of the molecule is COc1cc(=O)c(OC(F)(F)F)c(CO)[nH]1. The first-order valence-electron chi connectivity index (χ1n) is 4.04. The number of methoxy groups -OCH3 is 1. The van der Waals surface area contributed by atoms with Crippen LogP contribution in [0.1, 0.15) is 5.69 Å². The normalized spacial score (nSPS) is 11.3. The summed E-state index contributed by atoms with van der Waals surface area (Å²) < 4.78 is 43.9. The Kier molecular flexibility index (Phi) is 3.43. The number of aliphatic hydroxyl groups is 1. The molecule has 0 atom stereocenters. The minimum absolute atomic E-state index is 0.0661. The van der Waals surface area contributed by atoms with Crippen LogP contribution in [0.15, 0.2) is 10.9 Å². The first kappa shape index (κ1) is 12.4. The summed E-state index contributed by atoms with van der Waals surface area (Å²) in [5.41, 5.74) is -1.43. The first-order valence-corrected chi connectivity index (χ1v) is 4.04. The van der Waals surface area contributed by atoms with Crippen LogP contribution in [0.3, 0.4) is 0 Å². The maximum atomic E-state index is 11.9. The fraction of sp³-hybridized carbons (Fsp3) is 0.375. The molecular weight excluding hydrogens is 231 g/mol. The van der Waals surface area contributed by atoms with E-state index in [1.807, 2.05) is 0 Å². The van der Waals surface area contributed by atoms with E-state index in [1.54, 1.807) is 0 Å². The summed E-state index contributed by atoms with van der Waals surface area (Å²) in [4.78, 5) is 13.5. The highest BCUT2D eigenvalue weighted by Gasteiger charge is 2.33. The van der Waals surface area contributed by atoms with Crippen molar-refractivity contribution in [1.82, 2.24) is 4.98 Å². The molecule has 8 heteroatoms. The van der Waals surface area contributed by atoms with E-state index in [0.717, 1.165) is 6.07 Å². The summed E-state index contributed by atoms with van der Waals surface area (Å²) in [6, 6.07) is 0.792. The maximum absolute atomic E-state index is 11.9. The van der Waals surface area contributed by atoms with Crippen LogP contribution in [0.5, 0.6) is 11.6 Å². The quantitative estimate of drug-likeness (QED) is 0.817. The van der Waals surface area contributed by atoms with Gasteiger partial charge in [0.1, 0.15) is 0 Å². The average Bonchev–Trinajstić information content (AvgIpc) is 2.19. The molecule has 0 fully saturated rings. The number of aromatic nitrogens is 1. The zero-order chi connectivity index (χ0) is 12.3. The topological polar surface area (TPSA) is 71.6 Å². The smallest absolute Gasteiger partial charge is 0.482 e. The van der Waals surface area contributed by atoms with Gasteiger partial charge in [-0.15, -0.1) is 13.2 Å². The average molecular weight is 239 g/mol.